The Labute approximate surface area is 182 Å². The number of hydrogen-bond acceptors (Lipinski definition) is 2. The Bertz CT molecular complexity index is 743. The minimum atomic E-state index is -0.568. The van der Waals surface area contributed by atoms with Gasteiger partial charge in [0.1, 0.15) is 5.82 Å². The fourth-order valence-corrected chi connectivity index (χ4v) is 6.87. The molecular formula is C27H39FO2. The number of rotatable bonds is 6. The van der Waals surface area contributed by atoms with Crippen LogP contribution in [-0.2, 0) is 17.6 Å². The van der Waals surface area contributed by atoms with E-state index in [2.05, 4.69) is 6.92 Å². The zero-order valence-corrected chi connectivity index (χ0v) is 18.9. The van der Waals surface area contributed by atoms with Crippen LogP contribution >= 0.6 is 0 Å². The van der Waals surface area contributed by atoms with Crippen molar-refractivity contribution in [3.8, 4) is 0 Å². The molecule has 0 saturated heterocycles. The Morgan fingerprint density at radius 1 is 0.967 bits per heavy atom. The Morgan fingerprint density at radius 3 is 2.47 bits per heavy atom. The van der Waals surface area contributed by atoms with Gasteiger partial charge in [-0.15, -0.1) is 0 Å². The van der Waals surface area contributed by atoms with Gasteiger partial charge in [0.15, 0.2) is 0 Å². The van der Waals surface area contributed by atoms with Crippen LogP contribution in [-0.4, -0.2) is 13.1 Å². The summed E-state index contributed by atoms with van der Waals surface area (Å²) < 4.78 is 19.2. The quantitative estimate of drug-likeness (QED) is 0.365. The molecule has 1 aromatic carbocycles. The average Bonchev–Trinajstić information content (AvgIpc) is 2.77. The van der Waals surface area contributed by atoms with Gasteiger partial charge >= 0.3 is 5.97 Å². The molecule has 5 atom stereocenters. The SMILES string of the molecule is CCCCCC1CCC2CC(C3CCc4cc(C(=O)OC)c(F)cc4C3)CCC2C1. The van der Waals surface area contributed by atoms with E-state index < -0.39 is 11.8 Å². The second kappa shape index (κ2) is 9.83. The molecule has 2 saturated carbocycles. The Kier molecular flexibility index (Phi) is 7.16. The summed E-state index contributed by atoms with van der Waals surface area (Å²) in [7, 11) is 1.31. The molecular weight excluding hydrogens is 375 g/mol. The van der Waals surface area contributed by atoms with Gasteiger partial charge in [0.05, 0.1) is 12.7 Å². The van der Waals surface area contributed by atoms with Crippen molar-refractivity contribution in [2.45, 2.75) is 90.4 Å². The van der Waals surface area contributed by atoms with Gasteiger partial charge < -0.3 is 4.74 Å². The van der Waals surface area contributed by atoms with Gasteiger partial charge in [0, 0.05) is 0 Å². The van der Waals surface area contributed by atoms with Gasteiger partial charge in [-0.25, -0.2) is 9.18 Å². The monoisotopic (exact) mass is 414 g/mol. The summed E-state index contributed by atoms with van der Waals surface area (Å²) in [4.78, 5) is 11.8. The van der Waals surface area contributed by atoms with Crippen LogP contribution < -0.4 is 0 Å². The number of halogens is 1. The van der Waals surface area contributed by atoms with E-state index in [0.29, 0.717) is 5.92 Å². The van der Waals surface area contributed by atoms with Crippen molar-refractivity contribution in [1.82, 2.24) is 0 Å². The highest BCUT2D eigenvalue weighted by Gasteiger charge is 2.38. The minimum absolute atomic E-state index is 0.0888. The first-order valence-corrected chi connectivity index (χ1v) is 12.5. The van der Waals surface area contributed by atoms with E-state index >= 15 is 0 Å². The third-order valence-corrected chi connectivity index (χ3v) is 8.61. The lowest BCUT2D eigenvalue weighted by molar-refractivity contribution is 0.0595. The number of carbonyl (C=O) groups is 1. The average molecular weight is 415 g/mol. The predicted octanol–water partition coefficient (Wildman–Crippen LogP) is 7.13. The summed E-state index contributed by atoms with van der Waals surface area (Å²) >= 11 is 0. The Morgan fingerprint density at radius 2 is 1.70 bits per heavy atom. The maximum atomic E-state index is 14.5. The smallest absolute Gasteiger partial charge is 0.340 e. The number of ether oxygens (including phenoxy) is 1. The van der Waals surface area contributed by atoms with Crippen LogP contribution in [0.15, 0.2) is 12.1 Å². The number of benzene rings is 1. The van der Waals surface area contributed by atoms with Crippen LogP contribution in [0.5, 0.6) is 0 Å². The summed E-state index contributed by atoms with van der Waals surface area (Å²) in [5, 5.41) is 0. The number of carbonyl (C=O) groups excluding carboxylic acids is 1. The molecule has 0 heterocycles. The number of fused-ring (bicyclic) bond motifs is 2. The van der Waals surface area contributed by atoms with Crippen LogP contribution in [0.2, 0.25) is 0 Å². The maximum absolute atomic E-state index is 14.5. The zero-order chi connectivity index (χ0) is 21.1. The number of aryl methyl sites for hydroxylation is 1. The summed E-state index contributed by atoms with van der Waals surface area (Å²) in [5.41, 5.74) is 2.36. The lowest BCUT2D eigenvalue weighted by atomic mass is 9.61. The van der Waals surface area contributed by atoms with E-state index in [1.165, 1.54) is 77.7 Å². The first-order chi connectivity index (χ1) is 14.6. The van der Waals surface area contributed by atoms with Crippen LogP contribution in [0.4, 0.5) is 4.39 Å². The van der Waals surface area contributed by atoms with Crippen molar-refractivity contribution in [2.75, 3.05) is 7.11 Å². The van der Waals surface area contributed by atoms with E-state index in [1.807, 2.05) is 0 Å². The number of methoxy groups -OCH3 is 1. The molecule has 166 valence electrons. The molecule has 4 rings (SSSR count). The number of esters is 1. The molecule has 3 heteroatoms. The molecule has 0 amide bonds. The fourth-order valence-electron chi connectivity index (χ4n) is 6.87. The molecule has 0 aliphatic heterocycles. The van der Waals surface area contributed by atoms with Gasteiger partial charge in [-0.1, -0.05) is 39.0 Å². The largest absolute Gasteiger partial charge is 0.465 e. The first-order valence-electron chi connectivity index (χ1n) is 12.5. The number of unbranched alkanes of at least 4 members (excludes halogenated alkanes) is 2. The van der Waals surface area contributed by atoms with E-state index in [9.17, 15) is 9.18 Å². The standard InChI is InChI=1S/C27H39FO2/c1-3-4-5-6-18-7-8-20-14-21(10-9-19(20)13-18)22-11-12-23-16-25(27(29)30-2)26(28)17-24(23)15-22/h16-22H,3-15H2,1-2H3. The van der Waals surface area contributed by atoms with Crippen LogP contribution in [0.25, 0.3) is 0 Å². The van der Waals surface area contributed by atoms with Gasteiger partial charge in [-0.3, -0.25) is 0 Å². The molecule has 3 aliphatic carbocycles. The predicted molar refractivity (Wildman–Crippen MR) is 119 cm³/mol. The zero-order valence-electron chi connectivity index (χ0n) is 18.9. The van der Waals surface area contributed by atoms with Crippen LogP contribution in [0, 0.1) is 35.4 Å². The van der Waals surface area contributed by atoms with Crippen molar-refractivity contribution in [1.29, 1.82) is 0 Å². The van der Waals surface area contributed by atoms with E-state index in [4.69, 9.17) is 4.74 Å². The molecule has 0 spiro atoms. The van der Waals surface area contributed by atoms with E-state index in [1.54, 1.807) is 12.1 Å². The lowest BCUT2D eigenvalue weighted by Gasteiger charge is -2.45. The summed E-state index contributed by atoms with van der Waals surface area (Å²) in [6, 6.07) is 3.35. The summed E-state index contributed by atoms with van der Waals surface area (Å²) in [5.74, 6) is 3.39. The van der Waals surface area contributed by atoms with Gasteiger partial charge in [0.25, 0.3) is 0 Å². The summed E-state index contributed by atoms with van der Waals surface area (Å²) in [6.07, 6.45) is 17.3. The Hall–Kier alpha value is -1.38. The van der Waals surface area contributed by atoms with E-state index in [0.717, 1.165) is 47.6 Å². The minimum Gasteiger partial charge on any atom is -0.465 e. The molecule has 0 radical (unpaired) electrons. The molecule has 5 unspecified atom stereocenters. The van der Waals surface area contributed by atoms with Gasteiger partial charge in [-0.05, 0) is 104 Å². The first kappa shape index (κ1) is 21.8. The van der Waals surface area contributed by atoms with Gasteiger partial charge in [-0.2, -0.15) is 0 Å². The molecule has 2 nitrogen and oxygen atoms in total. The molecule has 0 bridgehead atoms. The highest BCUT2D eigenvalue weighted by molar-refractivity contribution is 5.90. The molecule has 30 heavy (non-hydrogen) atoms. The van der Waals surface area contributed by atoms with Gasteiger partial charge in [0.2, 0.25) is 0 Å². The second-order valence-corrected chi connectivity index (χ2v) is 10.4. The van der Waals surface area contributed by atoms with Crippen molar-refractivity contribution < 1.29 is 13.9 Å². The highest BCUT2D eigenvalue weighted by atomic mass is 19.1. The maximum Gasteiger partial charge on any atom is 0.340 e. The van der Waals surface area contributed by atoms with Crippen molar-refractivity contribution in [2.24, 2.45) is 29.6 Å². The normalized spacial score (nSPS) is 31.0. The second-order valence-electron chi connectivity index (χ2n) is 10.4. The molecule has 0 aromatic heterocycles. The highest BCUT2D eigenvalue weighted by Crippen LogP contribution is 2.49. The third-order valence-electron chi connectivity index (χ3n) is 8.61. The van der Waals surface area contributed by atoms with Crippen molar-refractivity contribution in [3.05, 3.63) is 34.6 Å². The molecule has 3 aliphatic rings. The van der Waals surface area contributed by atoms with Crippen LogP contribution in [0.3, 0.4) is 0 Å². The fraction of sp³-hybridized carbons (Fsp3) is 0.741. The van der Waals surface area contributed by atoms with E-state index in [-0.39, 0.29) is 5.56 Å². The lowest BCUT2D eigenvalue weighted by Crippen LogP contribution is -2.35. The molecule has 0 N–H and O–H groups in total. The Balaban J connectivity index is 1.34. The third kappa shape index (κ3) is 4.75. The summed E-state index contributed by atoms with van der Waals surface area (Å²) in [6.45, 7) is 2.30. The van der Waals surface area contributed by atoms with Crippen molar-refractivity contribution >= 4 is 5.97 Å². The van der Waals surface area contributed by atoms with Crippen molar-refractivity contribution in [3.63, 3.8) is 0 Å². The topological polar surface area (TPSA) is 26.3 Å². The van der Waals surface area contributed by atoms with Crippen LogP contribution in [0.1, 0.15) is 99.0 Å². The molecule has 1 aromatic rings. The molecule has 2 fully saturated rings. The number of hydrogen-bond donors (Lipinski definition) is 0.